The molecule has 0 aromatic heterocycles. The number of hydrogen-bond donors (Lipinski definition) is 3. The average Bonchev–Trinajstić information content (AvgIpc) is 2.61. The van der Waals surface area contributed by atoms with Crippen molar-refractivity contribution in [1.29, 1.82) is 0 Å². The van der Waals surface area contributed by atoms with E-state index < -0.39 is 0 Å². The second-order valence-corrected chi connectivity index (χ2v) is 5.35. The zero-order chi connectivity index (χ0) is 17.2. The lowest BCUT2D eigenvalue weighted by Gasteiger charge is -2.12. The number of phenols is 1. The molecule has 24 heavy (non-hydrogen) atoms. The third-order valence-electron chi connectivity index (χ3n) is 3.58. The van der Waals surface area contributed by atoms with Crippen molar-refractivity contribution in [1.82, 2.24) is 10.6 Å². The molecule has 0 bridgehead atoms. The van der Waals surface area contributed by atoms with E-state index in [-0.39, 0.29) is 5.75 Å². The molecule has 5 heteroatoms. The molecule has 0 heterocycles. The summed E-state index contributed by atoms with van der Waals surface area (Å²) in [5.41, 5.74) is 2.22. The average molecular weight is 327 g/mol. The SMILES string of the molecule is CCNC(=NCc1ccc(O)cc1)NCCc1ccccc1OC. The summed E-state index contributed by atoms with van der Waals surface area (Å²) < 4.78 is 5.37. The van der Waals surface area contributed by atoms with Crippen LogP contribution in [0.2, 0.25) is 0 Å². The zero-order valence-electron chi connectivity index (χ0n) is 14.2. The van der Waals surface area contributed by atoms with Crippen molar-refractivity contribution in [3.63, 3.8) is 0 Å². The predicted octanol–water partition coefficient (Wildman–Crippen LogP) is 2.70. The minimum atomic E-state index is 0.268. The Hall–Kier alpha value is -2.69. The predicted molar refractivity (Wildman–Crippen MR) is 97.6 cm³/mol. The highest BCUT2D eigenvalue weighted by molar-refractivity contribution is 5.79. The molecule has 2 aromatic rings. The highest BCUT2D eigenvalue weighted by atomic mass is 16.5. The van der Waals surface area contributed by atoms with Gasteiger partial charge in [-0.3, -0.25) is 0 Å². The van der Waals surface area contributed by atoms with E-state index in [1.54, 1.807) is 19.2 Å². The van der Waals surface area contributed by atoms with Gasteiger partial charge >= 0.3 is 0 Å². The molecule has 2 aromatic carbocycles. The third kappa shape index (κ3) is 5.50. The summed E-state index contributed by atoms with van der Waals surface area (Å²) in [5.74, 6) is 1.95. The van der Waals surface area contributed by atoms with Gasteiger partial charge in [0.2, 0.25) is 0 Å². The van der Waals surface area contributed by atoms with Crippen LogP contribution in [0.4, 0.5) is 0 Å². The molecule has 2 rings (SSSR count). The maximum absolute atomic E-state index is 9.31. The molecule has 0 spiro atoms. The Bertz CT molecular complexity index is 654. The molecule has 128 valence electrons. The molecule has 5 nitrogen and oxygen atoms in total. The minimum Gasteiger partial charge on any atom is -0.508 e. The monoisotopic (exact) mass is 327 g/mol. The van der Waals surface area contributed by atoms with E-state index in [1.807, 2.05) is 37.3 Å². The van der Waals surface area contributed by atoms with Gasteiger partial charge in [-0.25, -0.2) is 4.99 Å². The van der Waals surface area contributed by atoms with Gasteiger partial charge in [-0.1, -0.05) is 30.3 Å². The first-order valence-electron chi connectivity index (χ1n) is 8.15. The van der Waals surface area contributed by atoms with Crippen LogP contribution in [0.25, 0.3) is 0 Å². The van der Waals surface area contributed by atoms with Gasteiger partial charge in [-0.2, -0.15) is 0 Å². The second-order valence-electron chi connectivity index (χ2n) is 5.35. The summed E-state index contributed by atoms with van der Waals surface area (Å²) in [4.78, 5) is 4.57. The number of hydrogen-bond acceptors (Lipinski definition) is 3. The fraction of sp³-hybridized carbons (Fsp3) is 0.316. The van der Waals surface area contributed by atoms with Crippen LogP contribution < -0.4 is 15.4 Å². The van der Waals surface area contributed by atoms with Crippen molar-refractivity contribution in [3.05, 3.63) is 59.7 Å². The molecule has 0 aliphatic carbocycles. The van der Waals surface area contributed by atoms with Crippen molar-refractivity contribution in [2.45, 2.75) is 19.9 Å². The normalized spacial score (nSPS) is 11.2. The van der Waals surface area contributed by atoms with E-state index in [0.29, 0.717) is 6.54 Å². The topological polar surface area (TPSA) is 65.9 Å². The number of rotatable bonds is 7. The molecular formula is C19H25N3O2. The van der Waals surface area contributed by atoms with Crippen LogP contribution in [0.1, 0.15) is 18.1 Å². The molecule has 0 unspecified atom stereocenters. The van der Waals surface area contributed by atoms with Crippen molar-refractivity contribution >= 4 is 5.96 Å². The standard InChI is InChI=1S/C19H25N3O2/c1-3-20-19(22-14-15-8-10-17(23)11-9-15)21-13-12-16-6-4-5-7-18(16)24-2/h4-11,23H,3,12-14H2,1-2H3,(H2,20,21,22). The molecule has 0 fully saturated rings. The Morgan fingerprint density at radius 3 is 2.54 bits per heavy atom. The van der Waals surface area contributed by atoms with Gasteiger partial charge in [0, 0.05) is 13.1 Å². The van der Waals surface area contributed by atoms with Crippen LogP contribution in [-0.2, 0) is 13.0 Å². The van der Waals surface area contributed by atoms with Crippen molar-refractivity contribution in [2.24, 2.45) is 4.99 Å². The summed E-state index contributed by atoms with van der Waals surface area (Å²) >= 11 is 0. The number of nitrogens with zero attached hydrogens (tertiary/aromatic N) is 1. The van der Waals surface area contributed by atoms with E-state index in [2.05, 4.69) is 21.7 Å². The van der Waals surface area contributed by atoms with E-state index >= 15 is 0 Å². The summed E-state index contributed by atoms with van der Waals surface area (Å²) in [5, 5.41) is 15.9. The largest absolute Gasteiger partial charge is 0.508 e. The molecule has 0 aliphatic heterocycles. The first-order valence-corrected chi connectivity index (χ1v) is 8.15. The fourth-order valence-corrected chi connectivity index (χ4v) is 2.34. The molecule has 0 aliphatic rings. The van der Waals surface area contributed by atoms with Crippen LogP contribution in [0.3, 0.4) is 0 Å². The Labute approximate surface area is 143 Å². The lowest BCUT2D eigenvalue weighted by molar-refractivity contribution is 0.409. The Morgan fingerprint density at radius 2 is 1.83 bits per heavy atom. The Kier molecular flexibility index (Phi) is 6.95. The molecule has 0 saturated heterocycles. The number of aliphatic imine (C=N–C) groups is 1. The summed E-state index contributed by atoms with van der Waals surface area (Å²) in [6, 6.07) is 15.1. The zero-order valence-corrected chi connectivity index (χ0v) is 14.2. The van der Waals surface area contributed by atoms with Crippen molar-refractivity contribution in [2.75, 3.05) is 20.2 Å². The lowest BCUT2D eigenvalue weighted by Crippen LogP contribution is -2.38. The number of aromatic hydroxyl groups is 1. The smallest absolute Gasteiger partial charge is 0.191 e. The van der Waals surface area contributed by atoms with Gasteiger partial charge in [0.05, 0.1) is 13.7 Å². The van der Waals surface area contributed by atoms with Crippen molar-refractivity contribution in [3.8, 4) is 11.5 Å². The number of ether oxygens (including phenoxy) is 1. The molecule has 0 saturated carbocycles. The van der Waals surface area contributed by atoms with Gasteiger partial charge < -0.3 is 20.5 Å². The highest BCUT2D eigenvalue weighted by Gasteiger charge is 2.02. The minimum absolute atomic E-state index is 0.268. The maximum Gasteiger partial charge on any atom is 0.191 e. The number of para-hydroxylation sites is 1. The van der Waals surface area contributed by atoms with Crippen LogP contribution >= 0.6 is 0 Å². The maximum atomic E-state index is 9.31. The Balaban J connectivity index is 1.90. The summed E-state index contributed by atoms with van der Waals surface area (Å²) in [7, 11) is 1.69. The number of guanidine groups is 1. The third-order valence-corrected chi connectivity index (χ3v) is 3.58. The van der Waals surface area contributed by atoms with Gasteiger partial charge in [0.15, 0.2) is 5.96 Å². The Morgan fingerprint density at radius 1 is 1.08 bits per heavy atom. The first-order chi connectivity index (χ1) is 11.7. The quantitative estimate of drug-likeness (QED) is 0.540. The van der Waals surface area contributed by atoms with E-state index in [1.165, 1.54) is 5.56 Å². The molecule has 0 atom stereocenters. The van der Waals surface area contributed by atoms with Crippen LogP contribution in [0, 0.1) is 0 Å². The summed E-state index contributed by atoms with van der Waals surface area (Å²) in [6.45, 7) is 4.17. The van der Waals surface area contributed by atoms with E-state index in [0.717, 1.165) is 36.8 Å². The van der Waals surface area contributed by atoms with Crippen LogP contribution in [0.15, 0.2) is 53.5 Å². The van der Waals surface area contributed by atoms with Gasteiger partial charge in [0.1, 0.15) is 11.5 Å². The van der Waals surface area contributed by atoms with E-state index in [9.17, 15) is 5.11 Å². The molecular weight excluding hydrogens is 302 g/mol. The van der Waals surface area contributed by atoms with Gasteiger partial charge in [-0.05, 0) is 42.7 Å². The summed E-state index contributed by atoms with van der Waals surface area (Å²) in [6.07, 6.45) is 0.855. The van der Waals surface area contributed by atoms with Crippen LogP contribution in [0.5, 0.6) is 11.5 Å². The highest BCUT2D eigenvalue weighted by Crippen LogP contribution is 2.17. The number of methoxy groups -OCH3 is 1. The van der Waals surface area contributed by atoms with Gasteiger partial charge in [0.25, 0.3) is 0 Å². The van der Waals surface area contributed by atoms with E-state index in [4.69, 9.17) is 4.74 Å². The number of nitrogens with one attached hydrogen (secondary N) is 2. The number of phenolic OH excluding ortho intramolecular Hbond substituents is 1. The fourth-order valence-electron chi connectivity index (χ4n) is 2.34. The van der Waals surface area contributed by atoms with Gasteiger partial charge in [-0.15, -0.1) is 0 Å². The molecule has 0 radical (unpaired) electrons. The lowest BCUT2D eigenvalue weighted by atomic mass is 10.1. The molecule has 0 amide bonds. The first kappa shape index (κ1) is 17.7. The van der Waals surface area contributed by atoms with Crippen LogP contribution in [-0.4, -0.2) is 31.3 Å². The molecule has 3 N–H and O–H groups in total. The van der Waals surface area contributed by atoms with Crippen molar-refractivity contribution < 1.29 is 9.84 Å². The second kappa shape index (κ2) is 9.45. The number of benzene rings is 2.